The van der Waals surface area contributed by atoms with Crippen LogP contribution >= 0.6 is 11.8 Å². The van der Waals surface area contributed by atoms with Crippen LogP contribution in [0.25, 0.3) is 10.8 Å². The van der Waals surface area contributed by atoms with Crippen LogP contribution in [-0.2, 0) is 93.3 Å². The van der Waals surface area contributed by atoms with E-state index in [1.54, 1.807) is 92.9 Å². The second-order valence-electron chi connectivity index (χ2n) is 35.5. The molecule has 51 heteroatoms. The van der Waals surface area contributed by atoms with Crippen molar-refractivity contribution in [1.29, 1.82) is 5.41 Å². The Labute approximate surface area is 850 Å². The Kier molecular flexibility index (Phi) is 53.0. The highest BCUT2D eigenvalue weighted by Crippen LogP contribution is 2.30. The van der Waals surface area contributed by atoms with Gasteiger partial charge in [-0.05, 0) is 194 Å². The summed E-state index contributed by atoms with van der Waals surface area (Å²) in [5.41, 5.74) is 25.6. The summed E-state index contributed by atoms with van der Waals surface area (Å²) >= 11 is 1.29. The highest BCUT2D eigenvalue weighted by Gasteiger charge is 2.39. The van der Waals surface area contributed by atoms with Crippen molar-refractivity contribution < 1.29 is 115 Å². The minimum atomic E-state index is -4.60. The van der Waals surface area contributed by atoms with Gasteiger partial charge in [0.15, 0.2) is 5.96 Å². The SMILES string of the molecule is CSCCC(NC(=O)C(CCCCN)NC(=O)C(CCCNC(=N)N)NC(=O)C(Cc1ccccc1)NC(=O)CNC(=O)C(CO)NC(=O)C(CCC(N)=O)NC(=O)C(CC(C)C)NC(=O)C(NC(=O)C(C)NC(=O)C(CO)NC(=O)C(NC(=O)C(CCCCN)NC(=O)c1ccc(N=Nc2ccc(N(C)C)cc2)cc1)C(C)O)C(C)C)C(=O)NC(CCC(=O)O)C(=O)NCCNc1cccc2c(S(=O)(=O)O)cccc12. The Morgan fingerprint density at radius 2 is 0.904 bits per heavy atom. The third kappa shape index (κ3) is 43.0. The van der Waals surface area contributed by atoms with Crippen molar-refractivity contribution in [2.24, 2.45) is 45.0 Å². The second-order valence-corrected chi connectivity index (χ2v) is 37.9. The first kappa shape index (κ1) is 122. The molecule has 0 bridgehead atoms. The normalized spacial score (nSPS) is 14.2. The molecule has 5 aromatic carbocycles. The predicted molar refractivity (Wildman–Crippen MR) is 543 cm³/mol. The predicted octanol–water partition coefficient (Wildman–Crippen LogP) is -2.44. The number of carboxylic acid groups (broad SMARTS) is 1. The van der Waals surface area contributed by atoms with E-state index in [2.05, 4.69) is 101 Å². The van der Waals surface area contributed by atoms with Crippen molar-refractivity contribution >= 4 is 162 Å². The number of amides is 16. The summed E-state index contributed by atoms with van der Waals surface area (Å²) in [4.78, 5) is 238. The van der Waals surface area contributed by atoms with Crippen molar-refractivity contribution in [3.05, 3.63) is 126 Å². The lowest BCUT2D eigenvalue weighted by Crippen LogP contribution is -2.62. The zero-order valence-electron chi connectivity index (χ0n) is 83.1. The Hall–Kier alpha value is -14.1. The number of nitrogens with two attached hydrogens (primary N) is 4. The summed E-state index contributed by atoms with van der Waals surface area (Å²) in [5, 5.41) is 101. The number of hydrogen-bond donors (Lipinski definition) is 27. The summed E-state index contributed by atoms with van der Waals surface area (Å²) in [6, 6.07) is 9.92. The summed E-state index contributed by atoms with van der Waals surface area (Å²) in [5.74, 6) is -18.5. The number of carboxylic acids is 1. The number of anilines is 2. The quantitative estimate of drug-likeness (QED) is 0.00632. The third-order valence-electron chi connectivity index (χ3n) is 22.7. The summed E-state index contributed by atoms with van der Waals surface area (Å²) in [7, 11) is -0.797. The largest absolute Gasteiger partial charge is 0.481 e. The van der Waals surface area contributed by atoms with E-state index in [0.29, 0.717) is 47.3 Å². The zero-order chi connectivity index (χ0) is 108. The lowest BCUT2D eigenvalue weighted by atomic mass is 9.99. The van der Waals surface area contributed by atoms with E-state index in [1.165, 1.54) is 62.9 Å². The van der Waals surface area contributed by atoms with Crippen LogP contribution in [0, 0.1) is 17.2 Å². The van der Waals surface area contributed by atoms with Gasteiger partial charge in [0, 0.05) is 80.7 Å². The van der Waals surface area contributed by atoms with Gasteiger partial charge in [0.05, 0.1) is 37.2 Å². The zero-order valence-corrected chi connectivity index (χ0v) is 84.8. The number of unbranched alkanes of at least 4 members (excludes halogenated alkanes) is 2. The fraction of sp³-hybridized carbons (Fsp3) is 0.516. The number of carbonyl (C=O) groups excluding carboxylic acids is 16. The van der Waals surface area contributed by atoms with Gasteiger partial charge >= 0.3 is 5.97 Å². The lowest BCUT2D eigenvalue weighted by molar-refractivity contribution is -0.138. The van der Waals surface area contributed by atoms with Crippen LogP contribution in [0.1, 0.15) is 147 Å². The average molecular weight is 2080 g/mol. The Balaban J connectivity index is 1.25. The van der Waals surface area contributed by atoms with Gasteiger partial charge in [-0.3, -0.25) is 91.5 Å². The maximum atomic E-state index is 14.8. The topological polar surface area (TPSA) is 786 Å². The minimum absolute atomic E-state index is 0.0152. The van der Waals surface area contributed by atoms with Crippen molar-refractivity contribution in [3.8, 4) is 0 Å². The van der Waals surface area contributed by atoms with E-state index in [9.17, 15) is 115 Å². The molecule has 0 heterocycles. The van der Waals surface area contributed by atoms with E-state index < -0.39 is 253 Å². The molecule has 5 rings (SSSR count). The molecule has 16 amide bonds. The van der Waals surface area contributed by atoms with Crippen LogP contribution in [0.3, 0.4) is 0 Å². The van der Waals surface area contributed by atoms with E-state index in [1.807, 2.05) is 31.1 Å². The molecule has 14 atom stereocenters. The number of rotatable bonds is 66. The molecule has 0 saturated carbocycles. The highest BCUT2D eigenvalue weighted by atomic mass is 32.2. The first-order valence-corrected chi connectivity index (χ1v) is 50.5. The van der Waals surface area contributed by atoms with Gasteiger partial charge in [-0.2, -0.15) is 30.4 Å². The summed E-state index contributed by atoms with van der Waals surface area (Å²) in [6.07, 6.45) is -1.33. The lowest BCUT2D eigenvalue weighted by Gasteiger charge is -2.29. The first-order chi connectivity index (χ1) is 69.2. The van der Waals surface area contributed by atoms with E-state index in [4.69, 9.17) is 28.3 Å². The van der Waals surface area contributed by atoms with Gasteiger partial charge in [0.2, 0.25) is 88.6 Å². The van der Waals surface area contributed by atoms with Crippen LogP contribution in [0.5, 0.6) is 0 Å². The number of aliphatic hydroxyl groups is 3. The van der Waals surface area contributed by atoms with Gasteiger partial charge in [0.25, 0.3) is 16.0 Å². The Bertz CT molecular complexity index is 5380. The standard InChI is InChI=1S/C95H141N25O24S2/c1-53(2)48-71(113-93(140)79(54(3)4)116-81(128)55(5)105-92(139)74(52-122)115-94(141)80(56(6)123)117-89(136)66(25-14-16-43-97)107-82(129)58-29-31-59(32-30-58)118-119-60-33-35-61(36-34-60)120(7)8)90(137)111-69(37-39-76(98)124)87(134)114-73(51-121)84(131)104-50-77(125)106-72(49-57-20-11-10-12-21-57)91(138)109-67(27-19-44-103-95(99)100)86(133)108-65(24-13-15-42-96)85(132)112-70(41-47-145-9)88(135)110-68(38-40-78(126)127)83(130)102-46-45-101-64-26-17-23-63-62(64)22-18-28-75(63)146(142,143)144/h10-12,17-18,20-23,26,28-36,53-56,65-74,79-80,101,121-123H,13-16,19,24-25,27,37-52,96-97H2,1-9H3,(H2,98,124)(H,102,130)(H,104,131)(H,105,139)(H,106,125)(H,107,129)(H,108,133)(H,109,138)(H,110,135)(H,111,137)(H,112,132)(H,113,140)(H,114,134)(H,115,141)(H,116,128)(H,117,136)(H,126,127)(H4,99,100,103)(H,142,143,144). The van der Waals surface area contributed by atoms with Crippen LogP contribution in [0.2, 0.25) is 0 Å². The second kappa shape index (κ2) is 63.2. The molecule has 0 aliphatic heterocycles. The van der Waals surface area contributed by atoms with E-state index in [0.717, 1.165) is 12.6 Å². The van der Waals surface area contributed by atoms with Crippen molar-refractivity contribution in [3.63, 3.8) is 0 Å². The van der Waals surface area contributed by atoms with Crippen molar-refractivity contribution in [2.45, 2.75) is 227 Å². The number of benzene rings is 5. The molecule has 0 radical (unpaired) electrons. The van der Waals surface area contributed by atoms with Crippen LogP contribution in [-0.4, -0.2) is 303 Å². The van der Waals surface area contributed by atoms with E-state index in [-0.39, 0.29) is 112 Å². The molecule has 0 aliphatic rings. The molecule has 0 aliphatic carbocycles. The Morgan fingerprint density at radius 1 is 0.445 bits per heavy atom. The summed E-state index contributed by atoms with van der Waals surface area (Å²) in [6.45, 7) is 5.88. The number of nitrogens with one attached hydrogen (secondary N) is 18. The van der Waals surface area contributed by atoms with Gasteiger partial charge in [-0.25, -0.2) is 0 Å². The molecule has 0 saturated heterocycles. The maximum Gasteiger partial charge on any atom is 0.303 e. The molecular weight excluding hydrogens is 1940 g/mol. The average Bonchev–Trinajstić information content (AvgIpc) is 0.782. The molecule has 802 valence electrons. The van der Waals surface area contributed by atoms with Gasteiger partial charge in [0.1, 0.15) is 83.4 Å². The number of guanidine groups is 1. The molecule has 49 nitrogen and oxygen atoms in total. The molecule has 14 unspecified atom stereocenters. The number of carbonyl (C=O) groups is 17. The fourth-order valence-electron chi connectivity index (χ4n) is 14.6. The van der Waals surface area contributed by atoms with Gasteiger partial charge in [-0.1, -0.05) is 82.3 Å². The number of azo groups is 1. The highest BCUT2D eigenvalue weighted by molar-refractivity contribution is 7.98. The van der Waals surface area contributed by atoms with Crippen molar-refractivity contribution in [2.75, 3.05) is 88.8 Å². The number of fused-ring (bicyclic) bond motifs is 1. The molecule has 146 heavy (non-hydrogen) atoms. The monoisotopic (exact) mass is 2080 g/mol. The minimum Gasteiger partial charge on any atom is -0.481 e. The number of nitrogens with zero attached hydrogens (tertiary/aromatic N) is 3. The maximum absolute atomic E-state index is 14.8. The number of aliphatic hydroxyl groups excluding tert-OH is 3. The third-order valence-corrected chi connectivity index (χ3v) is 24.2. The summed E-state index contributed by atoms with van der Waals surface area (Å²) < 4.78 is 34.0. The number of primary amides is 1. The van der Waals surface area contributed by atoms with Crippen LogP contribution in [0.4, 0.5) is 22.7 Å². The molecule has 0 aromatic heterocycles. The van der Waals surface area contributed by atoms with Crippen LogP contribution in [0.15, 0.2) is 130 Å². The molecule has 0 spiro atoms. The number of thioether (sulfide) groups is 1. The molecular formula is C95H141N25O24S2. The fourth-order valence-corrected chi connectivity index (χ4v) is 15.8. The van der Waals surface area contributed by atoms with Crippen molar-refractivity contribution in [1.82, 2.24) is 85.1 Å². The Morgan fingerprint density at radius 3 is 1.42 bits per heavy atom. The molecule has 31 N–H and O–H groups in total. The number of aliphatic carboxylic acids is 1. The van der Waals surface area contributed by atoms with Gasteiger partial charge < -0.3 is 139 Å². The number of hydrogen-bond acceptors (Lipinski definition) is 30. The van der Waals surface area contributed by atoms with Gasteiger partial charge in [-0.15, -0.1) is 0 Å². The van der Waals surface area contributed by atoms with E-state index >= 15 is 0 Å². The molecule has 0 fully saturated rings. The first-order valence-electron chi connectivity index (χ1n) is 47.7. The molecule has 5 aromatic rings. The smallest absolute Gasteiger partial charge is 0.303 e. The van der Waals surface area contributed by atoms with Crippen LogP contribution < -0.4 is 118 Å².